The van der Waals surface area contributed by atoms with Crippen LogP contribution in [0.3, 0.4) is 0 Å². The first kappa shape index (κ1) is 11.4. The predicted molar refractivity (Wildman–Crippen MR) is 64.0 cm³/mol. The second-order valence-corrected chi connectivity index (χ2v) is 4.94. The van der Waals surface area contributed by atoms with Crippen molar-refractivity contribution in [3.05, 3.63) is 16.3 Å². The van der Waals surface area contributed by atoms with Crippen molar-refractivity contribution in [2.75, 3.05) is 7.11 Å². The van der Waals surface area contributed by atoms with E-state index in [2.05, 4.69) is 5.32 Å². The third-order valence-electron chi connectivity index (χ3n) is 2.92. The van der Waals surface area contributed by atoms with Crippen molar-refractivity contribution in [1.29, 1.82) is 0 Å². The van der Waals surface area contributed by atoms with Crippen molar-refractivity contribution < 1.29 is 9.53 Å². The number of thiophene rings is 1. The van der Waals surface area contributed by atoms with Crippen LogP contribution in [-0.2, 0) is 0 Å². The maximum Gasteiger partial charge on any atom is 0.261 e. The topological polar surface area (TPSA) is 64.3 Å². The molecule has 0 spiro atoms. The minimum Gasteiger partial charge on any atom is -0.496 e. The number of hydrogen-bond donors (Lipinski definition) is 2. The highest BCUT2D eigenvalue weighted by Gasteiger charge is 2.26. The first-order valence-corrected chi connectivity index (χ1v) is 6.27. The zero-order chi connectivity index (χ0) is 11.5. The number of carbonyl (C=O) groups is 1. The van der Waals surface area contributed by atoms with Gasteiger partial charge in [-0.2, -0.15) is 0 Å². The molecule has 1 amide bonds. The minimum absolute atomic E-state index is 0.0457. The van der Waals surface area contributed by atoms with Crippen molar-refractivity contribution in [1.82, 2.24) is 5.32 Å². The van der Waals surface area contributed by atoms with Crippen LogP contribution in [0.1, 0.15) is 28.9 Å². The predicted octanol–water partition coefficient (Wildman–Crippen LogP) is 1.37. The molecule has 0 radical (unpaired) electrons. The van der Waals surface area contributed by atoms with Crippen LogP contribution in [0.5, 0.6) is 5.75 Å². The van der Waals surface area contributed by atoms with Crippen molar-refractivity contribution in [3.63, 3.8) is 0 Å². The van der Waals surface area contributed by atoms with E-state index in [-0.39, 0.29) is 18.0 Å². The van der Waals surface area contributed by atoms with E-state index in [1.165, 1.54) is 11.3 Å². The van der Waals surface area contributed by atoms with E-state index in [4.69, 9.17) is 10.5 Å². The number of amides is 1. The molecule has 1 aromatic heterocycles. The highest BCUT2D eigenvalue weighted by Crippen LogP contribution is 2.22. The van der Waals surface area contributed by atoms with Crippen LogP contribution >= 0.6 is 11.3 Å². The van der Waals surface area contributed by atoms with Crippen LogP contribution in [0.2, 0.25) is 0 Å². The lowest BCUT2D eigenvalue weighted by atomic mass is 10.2. The summed E-state index contributed by atoms with van der Waals surface area (Å²) in [5.41, 5.74) is 5.90. The fraction of sp³-hybridized carbons (Fsp3) is 0.545. The molecular weight excluding hydrogens is 224 g/mol. The van der Waals surface area contributed by atoms with Crippen molar-refractivity contribution in [2.24, 2.45) is 5.73 Å². The molecule has 0 bridgehead atoms. The van der Waals surface area contributed by atoms with Crippen LogP contribution in [0.25, 0.3) is 0 Å². The van der Waals surface area contributed by atoms with Gasteiger partial charge in [0, 0.05) is 23.5 Å². The number of rotatable bonds is 3. The maximum absolute atomic E-state index is 11.9. The van der Waals surface area contributed by atoms with Crippen LogP contribution in [0.4, 0.5) is 0 Å². The second kappa shape index (κ2) is 4.84. The monoisotopic (exact) mass is 240 g/mol. The van der Waals surface area contributed by atoms with Crippen LogP contribution in [0, 0.1) is 0 Å². The molecule has 16 heavy (non-hydrogen) atoms. The van der Waals surface area contributed by atoms with Gasteiger partial charge in [0.1, 0.15) is 5.75 Å². The molecule has 3 N–H and O–H groups in total. The SMILES string of the molecule is COc1csc(C(=O)NC2CCCC2N)c1. The van der Waals surface area contributed by atoms with Gasteiger partial charge in [0.2, 0.25) is 0 Å². The number of nitrogens with one attached hydrogen (secondary N) is 1. The van der Waals surface area contributed by atoms with Gasteiger partial charge in [0.05, 0.1) is 12.0 Å². The summed E-state index contributed by atoms with van der Waals surface area (Å²) >= 11 is 1.39. The van der Waals surface area contributed by atoms with Gasteiger partial charge < -0.3 is 15.8 Å². The summed E-state index contributed by atoms with van der Waals surface area (Å²) < 4.78 is 5.04. The summed E-state index contributed by atoms with van der Waals surface area (Å²) in [7, 11) is 1.59. The molecular formula is C11H16N2O2S. The Labute approximate surface area is 98.8 Å². The smallest absolute Gasteiger partial charge is 0.261 e. The van der Waals surface area contributed by atoms with E-state index in [1.807, 2.05) is 5.38 Å². The Bertz CT molecular complexity index is 378. The summed E-state index contributed by atoms with van der Waals surface area (Å²) in [4.78, 5) is 12.5. The lowest BCUT2D eigenvalue weighted by Gasteiger charge is -2.16. The normalized spacial score (nSPS) is 24.4. The van der Waals surface area contributed by atoms with Crippen LogP contribution in [-0.4, -0.2) is 25.1 Å². The Kier molecular flexibility index (Phi) is 3.46. The Morgan fingerprint density at radius 1 is 1.62 bits per heavy atom. The molecule has 0 aromatic carbocycles. The molecule has 1 heterocycles. The largest absolute Gasteiger partial charge is 0.496 e. The molecule has 1 aromatic rings. The zero-order valence-corrected chi connectivity index (χ0v) is 10.0. The Balaban J connectivity index is 1.97. The second-order valence-electron chi connectivity index (χ2n) is 4.03. The first-order valence-electron chi connectivity index (χ1n) is 5.39. The van der Waals surface area contributed by atoms with Crippen molar-refractivity contribution in [3.8, 4) is 5.75 Å². The number of hydrogen-bond acceptors (Lipinski definition) is 4. The van der Waals surface area contributed by atoms with E-state index in [9.17, 15) is 4.79 Å². The zero-order valence-electron chi connectivity index (χ0n) is 9.23. The third-order valence-corrected chi connectivity index (χ3v) is 3.83. The Hall–Kier alpha value is -1.07. The molecule has 1 saturated carbocycles. The van der Waals surface area contributed by atoms with Gasteiger partial charge in [-0.3, -0.25) is 4.79 Å². The molecule has 88 valence electrons. The molecule has 2 unspecified atom stereocenters. The molecule has 1 fully saturated rings. The molecule has 1 aliphatic rings. The van der Waals surface area contributed by atoms with E-state index < -0.39 is 0 Å². The van der Waals surface area contributed by atoms with E-state index >= 15 is 0 Å². The fourth-order valence-electron chi connectivity index (χ4n) is 1.95. The molecule has 1 aliphatic carbocycles. The molecule has 0 aliphatic heterocycles. The number of carbonyl (C=O) groups excluding carboxylic acids is 1. The summed E-state index contributed by atoms with van der Waals surface area (Å²) in [5.74, 6) is 0.682. The summed E-state index contributed by atoms with van der Waals surface area (Å²) in [6.07, 6.45) is 3.08. The minimum atomic E-state index is -0.0457. The van der Waals surface area contributed by atoms with Crippen molar-refractivity contribution >= 4 is 17.2 Å². The number of ether oxygens (including phenoxy) is 1. The summed E-state index contributed by atoms with van der Waals surface area (Å²) in [6, 6.07) is 1.98. The van der Waals surface area contributed by atoms with E-state index in [1.54, 1.807) is 13.2 Å². The van der Waals surface area contributed by atoms with Gasteiger partial charge in [-0.15, -0.1) is 11.3 Å². The highest BCUT2D eigenvalue weighted by molar-refractivity contribution is 7.12. The summed E-state index contributed by atoms with van der Waals surface area (Å²) in [5, 5.41) is 4.80. The average molecular weight is 240 g/mol. The quantitative estimate of drug-likeness (QED) is 0.838. The summed E-state index contributed by atoms with van der Waals surface area (Å²) in [6.45, 7) is 0. The van der Waals surface area contributed by atoms with Gasteiger partial charge in [-0.25, -0.2) is 0 Å². The van der Waals surface area contributed by atoms with Gasteiger partial charge in [-0.1, -0.05) is 0 Å². The number of methoxy groups -OCH3 is 1. The highest BCUT2D eigenvalue weighted by atomic mass is 32.1. The number of nitrogens with two attached hydrogens (primary N) is 1. The standard InChI is InChI=1S/C11H16N2O2S/c1-15-7-5-10(16-6-7)11(14)13-9-4-2-3-8(9)12/h5-6,8-9H,2-4,12H2,1H3,(H,13,14). The Morgan fingerprint density at radius 3 is 3.00 bits per heavy atom. The molecule has 2 rings (SSSR count). The van der Waals surface area contributed by atoms with Gasteiger partial charge in [-0.05, 0) is 19.3 Å². The van der Waals surface area contributed by atoms with Gasteiger partial charge >= 0.3 is 0 Å². The van der Waals surface area contributed by atoms with Crippen LogP contribution in [0.15, 0.2) is 11.4 Å². The molecule has 2 atom stereocenters. The van der Waals surface area contributed by atoms with E-state index in [0.29, 0.717) is 4.88 Å². The van der Waals surface area contributed by atoms with Crippen LogP contribution < -0.4 is 15.8 Å². The Morgan fingerprint density at radius 2 is 2.44 bits per heavy atom. The van der Waals surface area contributed by atoms with Crippen molar-refractivity contribution in [2.45, 2.75) is 31.3 Å². The third kappa shape index (κ3) is 2.36. The van der Waals surface area contributed by atoms with Gasteiger partial charge in [0.15, 0.2) is 0 Å². The molecule has 5 heteroatoms. The van der Waals surface area contributed by atoms with Gasteiger partial charge in [0.25, 0.3) is 5.91 Å². The molecule has 0 saturated heterocycles. The molecule has 4 nitrogen and oxygen atoms in total. The lowest BCUT2D eigenvalue weighted by Crippen LogP contribution is -2.43. The van der Waals surface area contributed by atoms with E-state index in [0.717, 1.165) is 25.0 Å². The maximum atomic E-state index is 11.9. The lowest BCUT2D eigenvalue weighted by molar-refractivity contribution is 0.0938. The average Bonchev–Trinajstić information content (AvgIpc) is 2.88. The first-order chi connectivity index (χ1) is 7.70. The fourth-order valence-corrected chi connectivity index (χ4v) is 2.71.